The van der Waals surface area contributed by atoms with E-state index in [4.69, 9.17) is 14.2 Å². The predicted molar refractivity (Wildman–Crippen MR) is 89.0 cm³/mol. The molecule has 1 heterocycles. The number of carbonyl (C=O) groups excluding carboxylic acids is 2. The van der Waals surface area contributed by atoms with Crippen LogP contribution in [-0.2, 0) is 11.8 Å². The van der Waals surface area contributed by atoms with E-state index in [0.29, 0.717) is 34.0 Å². The summed E-state index contributed by atoms with van der Waals surface area (Å²) < 4.78 is 17.1. The lowest BCUT2D eigenvalue weighted by molar-refractivity contribution is 0.0588. The van der Waals surface area contributed by atoms with Crippen LogP contribution < -0.4 is 9.47 Å². The van der Waals surface area contributed by atoms with E-state index in [1.807, 2.05) is 0 Å². The number of Topliss-reactive ketones (excluding diaryl/α,β-unsaturated/α-hetero) is 1. The number of esters is 1. The molecule has 1 aromatic heterocycles. The lowest BCUT2D eigenvalue weighted by atomic mass is 10.1. The van der Waals surface area contributed by atoms with Gasteiger partial charge in [-0.15, -0.1) is 0 Å². The van der Waals surface area contributed by atoms with E-state index in [1.54, 1.807) is 56.8 Å². The number of nitrogens with zero attached hydrogens (tertiary/aromatic N) is 1. The van der Waals surface area contributed by atoms with Gasteiger partial charge in [-0.3, -0.25) is 4.79 Å². The average molecular weight is 331 g/mol. The fourth-order valence-corrected chi connectivity index (χ4v) is 2.67. The van der Waals surface area contributed by atoms with Crippen molar-refractivity contribution in [1.29, 1.82) is 0 Å². The smallest absolute Gasteiger partial charge is 0.354 e. The average Bonchev–Trinajstić information content (AvgIpc) is 2.82. The standard InChI is InChI=1S/C18H21NO5/c1-11-16(12(2)19(3)17(11)18(21)23-5)15(20)10-24-14-8-6-13(22-4)7-9-14/h6-9H,10H2,1-5H3. The Morgan fingerprint density at radius 1 is 1.04 bits per heavy atom. The van der Waals surface area contributed by atoms with Crippen molar-refractivity contribution in [3.05, 3.63) is 46.8 Å². The number of benzene rings is 1. The molecular formula is C18H21NO5. The molecule has 0 unspecified atom stereocenters. The van der Waals surface area contributed by atoms with E-state index >= 15 is 0 Å². The van der Waals surface area contributed by atoms with E-state index in [2.05, 4.69) is 0 Å². The highest BCUT2D eigenvalue weighted by atomic mass is 16.5. The normalized spacial score (nSPS) is 10.4. The van der Waals surface area contributed by atoms with Crippen LogP contribution in [0.25, 0.3) is 0 Å². The van der Waals surface area contributed by atoms with E-state index < -0.39 is 5.97 Å². The molecule has 2 rings (SSSR count). The highest BCUT2D eigenvalue weighted by molar-refractivity contribution is 6.03. The second-order valence-corrected chi connectivity index (χ2v) is 5.37. The van der Waals surface area contributed by atoms with E-state index in [9.17, 15) is 9.59 Å². The fourth-order valence-electron chi connectivity index (χ4n) is 2.67. The summed E-state index contributed by atoms with van der Waals surface area (Å²) in [6, 6.07) is 6.98. The quantitative estimate of drug-likeness (QED) is 0.601. The van der Waals surface area contributed by atoms with E-state index in [0.717, 1.165) is 0 Å². The zero-order chi connectivity index (χ0) is 17.9. The van der Waals surface area contributed by atoms with Crippen molar-refractivity contribution in [3.63, 3.8) is 0 Å². The highest BCUT2D eigenvalue weighted by Gasteiger charge is 2.25. The van der Waals surface area contributed by atoms with Gasteiger partial charge in [0.15, 0.2) is 6.61 Å². The van der Waals surface area contributed by atoms with Crippen LogP contribution in [0.5, 0.6) is 11.5 Å². The monoisotopic (exact) mass is 331 g/mol. The molecule has 0 aliphatic heterocycles. The molecular weight excluding hydrogens is 310 g/mol. The Balaban J connectivity index is 2.19. The van der Waals surface area contributed by atoms with Crippen LogP contribution in [0.1, 0.15) is 32.1 Å². The molecule has 0 aliphatic rings. The van der Waals surface area contributed by atoms with Crippen LogP contribution in [0.2, 0.25) is 0 Å². The Morgan fingerprint density at radius 3 is 2.17 bits per heavy atom. The van der Waals surface area contributed by atoms with Gasteiger partial charge in [0, 0.05) is 18.3 Å². The van der Waals surface area contributed by atoms with Gasteiger partial charge < -0.3 is 18.8 Å². The van der Waals surface area contributed by atoms with E-state index in [1.165, 1.54) is 7.11 Å². The zero-order valence-corrected chi connectivity index (χ0v) is 14.5. The van der Waals surface area contributed by atoms with E-state index in [-0.39, 0.29) is 12.4 Å². The first-order valence-corrected chi connectivity index (χ1v) is 7.45. The molecule has 0 bridgehead atoms. The van der Waals surface area contributed by atoms with Crippen LogP contribution in [-0.4, -0.2) is 37.1 Å². The number of methoxy groups -OCH3 is 2. The minimum Gasteiger partial charge on any atom is -0.497 e. The SMILES string of the molecule is COC(=O)c1c(C)c(C(=O)COc2ccc(OC)cc2)c(C)n1C. The summed E-state index contributed by atoms with van der Waals surface area (Å²) in [6.07, 6.45) is 0. The minimum atomic E-state index is -0.465. The maximum atomic E-state index is 12.5. The van der Waals surface area contributed by atoms with Crippen LogP contribution in [0.3, 0.4) is 0 Å². The zero-order valence-electron chi connectivity index (χ0n) is 14.5. The Bertz CT molecular complexity index is 759. The van der Waals surface area contributed by atoms with Gasteiger partial charge in [0.1, 0.15) is 17.2 Å². The lowest BCUT2D eigenvalue weighted by Gasteiger charge is -2.07. The van der Waals surface area contributed by atoms with Gasteiger partial charge in [0.2, 0.25) is 5.78 Å². The van der Waals surface area contributed by atoms with Crippen molar-refractivity contribution in [1.82, 2.24) is 4.57 Å². The van der Waals surface area contributed by atoms with Crippen molar-refractivity contribution < 1.29 is 23.8 Å². The molecule has 0 atom stereocenters. The maximum Gasteiger partial charge on any atom is 0.354 e. The number of aromatic nitrogens is 1. The fraction of sp³-hybridized carbons (Fsp3) is 0.333. The lowest BCUT2D eigenvalue weighted by Crippen LogP contribution is -2.13. The van der Waals surface area contributed by atoms with Crippen molar-refractivity contribution in [2.24, 2.45) is 7.05 Å². The molecule has 0 N–H and O–H groups in total. The molecule has 0 saturated carbocycles. The van der Waals surface area contributed by atoms with Gasteiger partial charge in [-0.2, -0.15) is 0 Å². The van der Waals surface area contributed by atoms with Crippen LogP contribution >= 0.6 is 0 Å². The molecule has 0 aliphatic carbocycles. The van der Waals surface area contributed by atoms with Crippen LogP contribution in [0, 0.1) is 13.8 Å². The minimum absolute atomic E-state index is 0.112. The third-order valence-corrected chi connectivity index (χ3v) is 4.02. The summed E-state index contributed by atoms with van der Waals surface area (Å²) in [5.74, 6) is 0.634. The van der Waals surface area contributed by atoms with Gasteiger partial charge in [0.05, 0.1) is 14.2 Å². The van der Waals surface area contributed by atoms with Crippen molar-refractivity contribution >= 4 is 11.8 Å². The molecule has 6 heteroatoms. The van der Waals surface area contributed by atoms with Crippen molar-refractivity contribution in [3.8, 4) is 11.5 Å². The number of hydrogen-bond acceptors (Lipinski definition) is 5. The Morgan fingerprint density at radius 2 is 1.62 bits per heavy atom. The summed E-state index contributed by atoms with van der Waals surface area (Å²) in [7, 11) is 4.63. The molecule has 128 valence electrons. The predicted octanol–water partition coefficient (Wildman–Crippen LogP) is 2.70. The molecule has 0 amide bonds. The molecule has 1 aromatic carbocycles. The first-order valence-electron chi connectivity index (χ1n) is 7.45. The summed E-state index contributed by atoms with van der Waals surface area (Å²) in [5.41, 5.74) is 2.18. The third kappa shape index (κ3) is 3.27. The van der Waals surface area contributed by atoms with Gasteiger partial charge in [-0.1, -0.05) is 0 Å². The van der Waals surface area contributed by atoms with Gasteiger partial charge in [-0.25, -0.2) is 4.79 Å². The molecule has 0 fully saturated rings. The number of hydrogen-bond donors (Lipinski definition) is 0. The summed E-state index contributed by atoms with van der Waals surface area (Å²) in [4.78, 5) is 24.4. The second kappa shape index (κ2) is 7.21. The molecule has 24 heavy (non-hydrogen) atoms. The number of ether oxygens (including phenoxy) is 3. The highest BCUT2D eigenvalue weighted by Crippen LogP contribution is 2.23. The second-order valence-electron chi connectivity index (χ2n) is 5.37. The summed E-state index contributed by atoms with van der Waals surface area (Å²) in [5, 5.41) is 0. The van der Waals surface area contributed by atoms with Crippen LogP contribution in [0.4, 0.5) is 0 Å². The first kappa shape index (κ1) is 17.6. The Kier molecular flexibility index (Phi) is 5.28. The first-order chi connectivity index (χ1) is 11.4. The molecule has 6 nitrogen and oxygen atoms in total. The molecule has 0 radical (unpaired) electrons. The summed E-state index contributed by atoms with van der Waals surface area (Å²) >= 11 is 0. The van der Waals surface area contributed by atoms with Gasteiger partial charge >= 0.3 is 5.97 Å². The molecule has 0 spiro atoms. The number of carbonyl (C=O) groups is 2. The number of ketones is 1. The van der Waals surface area contributed by atoms with Crippen LogP contribution in [0.15, 0.2) is 24.3 Å². The largest absolute Gasteiger partial charge is 0.497 e. The summed E-state index contributed by atoms with van der Waals surface area (Å²) in [6.45, 7) is 3.42. The molecule has 2 aromatic rings. The van der Waals surface area contributed by atoms with Gasteiger partial charge in [0.25, 0.3) is 0 Å². The third-order valence-electron chi connectivity index (χ3n) is 4.02. The van der Waals surface area contributed by atoms with Crippen molar-refractivity contribution in [2.45, 2.75) is 13.8 Å². The Labute approximate surface area is 140 Å². The van der Waals surface area contributed by atoms with Crippen molar-refractivity contribution in [2.75, 3.05) is 20.8 Å². The topological polar surface area (TPSA) is 66.8 Å². The number of rotatable bonds is 6. The molecule has 0 saturated heterocycles. The Hall–Kier alpha value is -2.76. The van der Waals surface area contributed by atoms with Gasteiger partial charge in [-0.05, 0) is 43.7 Å². The maximum absolute atomic E-state index is 12.5.